The Morgan fingerprint density at radius 3 is 2.00 bits per heavy atom. The molecule has 0 aromatic carbocycles. The van der Waals surface area contributed by atoms with Crippen LogP contribution in [0.4, 0.5) is 0 Å². The van der Waals surface area contributed by atoms with Gasteiger partial charge in [0.25, 0.3) is 0 Å². The van der Waals surface area contributed by atoms with Gasteiger partial charge in [0.1, 0.15) is 0 Å². The average Bonchev–Trinajstić information content (AvgIpc) is 1.64. The molecule has 0 N–H and O–H groups in total. The molecule has 0 fully saturated rings. The topological polar surface area (TPSA) is 12.9 Å². The van der Waals surface area contributed by atoms with Crippen LogP contribution in [0.25, 0.3) is 0 Å². The van der Waals surface area contributed by atoms with Crippen LogP contribution < -0.4 is 0 Å². The summed E-state index contributed by atoms with van der Waals surface area (Å²) in [5.74, 6) is 0. The Balaban J connectivity index is 3.08. The SMILES string of the molecule is Cc1[c]c(C)cnc1. The van der Waals surface area contributed by atoms with E-state index in [1.165, 1.54) is 0 Å². The second-order valence-electron chi connectivity index (χ2n) is 1.90. The molecule has 1 nitrogen and oxygen atoms in total. The molecule has 0 saturated heterocycles. The molecule has 41 valence electrons. The molecule has 0 aliphatic carbocycles. The standard InChI is InChI=1S/C7H8N/c1-6-3-7(2)5-8-4-6/h4-5H,1-2H3. The van der Waals surface area contributed by atoms with Gasteiger partial charge in [0.2, 0.25) is 0 Å². The molecule has 1 rings (SSSR count). The molecule has 0 amide bonds. The van der Waals surface area contributed by atoms with Gasteiger partial charge in [-0.15, -0.1) is 0 Å². The van der Waals surface area contributed by atoms with Crippen molar-refractivity contribution >= 4 is 0 Å². The van der Waals surface area contributed by atoms with Crippen molar-refractivity contribution in [2.24, 2.45) is 0 Å². The van der Waals surface area contributed by atoms with Gasteiger partial charge in [-0.05, 0) is 31.0 Å². The van der Waals surface area contributed by atoms with Crippen LogP contribution in [0, 0.1) is 19.9 Å². The van der Waals surface area contributed by atoms with Gasteiger partial charge in [0, 0.05) is 12.4 Å². The van der Waals surface area contributed by atoms with E-state index in [2.05, 4.69) is 11.1 Å². The van der Waals surface area contributed by atoms with Gasteiger partial charge in [-0.3, -0.25) is 4.98 Å². The number of aromatic nitrogens is 1. The van der Waals surface area contributed by atoms with E-state index in [1.807, 2.05) is 13.8 Å². The Morgan fingerprint density at radius 2 is 1.75 bits per heavy atom. The average molecular weight is 106 g/mol. The van der Waals surface area contributed by atoms with Crippen LogP contribution in [-0.2, 0) is 0 Å². The molecule has 1 heteroatoms. The quantitative estimate of drug-likeness (QED) is 0.488. The molecule has 0 aliphatic rings. The lowest BCUT2D eigenvalue weighted by molar-refractivity contribution is 1.21. The summed E-state index contributed by atoms with van der Waals surface area (Å²) in [7, 11) is 0. The first-order valence-electron chi connectivity index (χ1n) is 2.59. The zero-order valence-electron chi connectivity index (χ0n) is 5.10. The van der Waals surface area contributed by atoms with Gasteiger partial charge in [0.15, 0.2) is 0 Å². The predicted molar refractivity (Wildman–Crippen MR) is 32.5 cm³/mol. The third-order valence-corrected chi connectivity index (χ3v) is 0.931. The molecule has 0 bridgehead atoms. The highest BCUT2D eigenvalue weighted by Gasteiger charge is 1.83. The van der Waals surface area contributed by atoms with Gasteiger partial charge < -0.3 is 0 Å². The summed E-state index contributed by atoms with van der Waals surface area (Å²) in [6, 6.07) is 3.11. The van der Waals surface area contributed by atoms with E-state index in [-0.39, 0.29) is 0 Å². The number of aryl methyl sites for hydroxylation is 2. The number of hydrogen-bond acceptors (Lipinski definition) is 1. The fourth-order valence-electron chi connectivity index (χ4n) is 0.636. The van der Waals surface area contributed by atoms with E-state index in [0.717, 1.165) is 11.1 Å². The Morgan fingerprint density at radius 1 is 1.25 bits per heavy atom. The largest absolute Gasteiger partial charge is 0.264 e. The van der Waals surface area contributed by atoms with Crippen LogP contribution in [0.15, 0.2) is 12.4 Å². The van der Waals surface area contributed by atoms with Gasteiger partial charge in [0.05, 0.1) is 0 Å². The molecule has 1 aromatic heterocycles. The van der Waals surface area contributed by atoms with Gasteiger partial charge in [-0.25, -0.2) is 0 Å². The molecule has 1 aromatic rings. The fourth-order valence-corrected chi connectivity index (χ4v) is 0.636. The molecule has 0 spiro atoms. The monoisotopic (exact) mass is 106 g/mol. The van der Waals surface area contributed by atoms with Crippen LogP contribution in [0.1, 0.15) is 11.1 Å². The number of hydrogen-bond donors (Lipinski definition) is 0. The Labute approximate surface area is 49.4 Å². The minimum Gasteiger partial charge on any atom is -0.264 e. The van der Waals surface area contributed by atoms with E-state index >= 15 is 0 Å². The maximum Gasteiger partial charge on any atom is 0.0303 e. The van der Waals surface area contributed by atoms with E-state index in [4.69, 9.17) is 0 Å². The molecular formula is C7H8N. The van der Waals surface area contributed by atoms with Crippen molar-refractivity contribution in [1.29, 1.82) is 0 Å². The van der Waals surface area contributed by atoms with Crippen LogP contribution in [-0.4, -0.2) is 4.98 Å². The second kappa shape index (κ2) is 1.95. The fraction of sp³-hybridized carbons (Fsp3) is 0.286. The Bertz CT molecular complexity index is 164. The van der Waals surface area contributed by atoms with Gasteiger partial charge in [-0.1, -0.05) is 0 Å². The number of rotatable bonds is 0. The summed E-state index contributed by atoms with van der Waals surface area (Å²) >= 11 is 0. The second-order valence-corrected chi connectivity index (χ2v) is 1.90. The summed E-state index contributed by atoms with van der Waals surface area (Å²) in [5, 5.41) is 0. The number of pyridine rings is 1. The molecule has 8 heavy (non-hydrogen) atoms. The maximum absolute atomic E-state index is 3.95. The van der Waals surface area contributed by atoms with Crippen molar-refractivity contribution in [1.82, 2.24) is 4.98 Å². The first-order valence-corrected chi connectivity index (χ1v) is 2.59. The highest BCUT2D eigenvalue weighted by Crippen LogP contribution is 1.95. The van der Waals surface area contributed by atoms with Gasteiger partial charge in [-0.2, -0.15) is 0 Å². The van der Waals surface area contributed by atoms with Crippen molar-refractivity contribution in [3.8, 4) is 0 Å². The van der Waals surface area contributed by atoms with Crippen LogP contribution in [0.5, 0.6) is 0 Å². The molecular weight excluding hydrogens is 98.1 g/mol. The first-order chi connectivity index (χ1) is 3.79. The minimum absolute atomic E-state index is 1.10. The van der Waals surface area contributed by atoms with E-state index in [1.54, 1.807) is 12.4 Å². The molecule has 0 aliphatic heterocycles. The molecule has 0 unspecified atom stereocenters. The van der Waals surface area contributed by atoms with E-state index < -0.39 is 0 Å². The summed E-state index contributed by atoms with van der Waals surface area (Å²) in [4.78, 5) is 3.95. The third kappa shape index (κ3) is 1.06. The highest BCUT2D eigenvalue weighted by molar-refractivity contribution is 5.12. The van der Waals surface area contributed by atoms with E-state index in [9.17, 15) is 0 Å². The summed E-state index contributed by atoms with van der Waals surface area (Å²) in [6.45, 7) is 3.97. The lowest BCUT2D eigenvalue weighted by Gasteiger charge is -1.88. The van der Waals surface area contributed by atoms with Crippen molar-refractivity contribution in [2.45, 2.75) is 13.8 Å². The van der Waals surface area contributed by atoms with Crippen molar-refractivity contribution in [3.05, 3.63) is 29.6 Å². The van der Waals surface area contributed by atoms with Crippen molar-refractivity contribution < 1.29 is 0 Å². The molecule has 1 radical (unpaired) electrons. The molecule has 0 atom stereocenters. The Hall–Kier alpha value is -0.850. The zero-order chi connectivity index (χ0) is 5.98. The van der Waals surface area contributed by atoms with Crippen molar-refractivity contribution in [3.63, 3.8) is 0 Å². The smallest absolute Gasteiger partial charge is 0.0303 e. The highest BCUT2D eigenvalue weighted by atomic mass is 14.6. The van der Waals surface area contributed by atoms with Crippen molar-refractivity contribution in [2.75, 3.05) is 0 Å². The van der Waals surface area contributed by atoms with Crippen LogP contribution >= 0.6 is 0 Å². The summed E-state index contributed by atoms with van der Waals surface area (Å²) in [5.41, 5.74) is 2.20. The normalized spacial score (nSPS) is 9.25. The summed E-state index contributed by atoms with van der Waals surface area (Å²) < 4.78 is 0. The van der Waals surface area contributed by atoms with Gasteiger partial charge >= 0.3 is 0 Å². The lowest BCUT2D eigenvalue weighted by Crippen LogP contribution is -1.77. The minimum atomic E-state index is 1.10. The first kappa shape index (κ1) is 5.29. The summed E-state index contributed by atoms with van der Waals surface area (Å²) in [6.07, 6.45) is 3.60. The Kier molecular flexibility index (Phi) is 1.29. The predicted octanol–water partition coefficient (Wildman–Crippen LogP) is 1.50. The maximum atomic E-state index is 3.95. The third-order valence-electron chi connectivity index (χ3n) is 0.931. The molecule has 0 saturated carbocycles. The zero-order valence-corrected chi connectivity index (χ0v) is 5.10. The lowest BCUT2D eigenvalue weighted by atomic mass is 10.2. The van der Waals surface area contributed by atoms with E-state index in [0.29, 0.717) is 0 Å². The molecule has 1 heterocycles. The van der Waals surface area contributed by atoms with Crippen LogP contribution in [0.3, 0.4) is 0 Å². The van der Waals surface area contributed by atoms with Crippen LogP contribution in [0.2, 0.25) is 0 Å². The number of nitrogens with zero attached hydrogens (tertiary/aromatic N) is 1.